The molecular formula is C24H23ClF3N5O3. The summed E-state index contributed by atoms with van der Waals surface area (Å²) in [5.74, 6) is 0.626. The molecule has 3 heterocycles. The second-order valence-electron chi connectivity index (χ2n) is 8.89. The summed E-state index contributed by atoms with van der Waals surface area (Å²) in [6, 6.07) is 9.09. The van der Waals surface area contributed by atoms with Crippen molar-refractivity contribution in [3.05, 3.63) is 76.3 Å². The maximum atomic E-state index is 13.3. The van der Waals surface area contributed by atoms with Crippen LogP contribution in [0.25, 0.3) is 0 Å². The van der Waals surface area contributed by atoms with Gasteiger partial charge in [-0.1, -0.05) is 29.8 Å². The van der Waals surface area contributed by atoms with E-state index in [1.54, 1.807) is 18.5 Å². The number of aliphatic hydroxyl groups excluding tert-OH is 1. The number of amides is 2. The van der Waals surface area contributed by atoms with E-state index < -0.39 is 36.0 Å². The predicted octanol–water partition coefficient (Wildman–Crippen LogP) is 4.34. The molecule has 1 fully saturated rings. The third kappa shape index (κ3) is 4.98. The highest BCUT2D eigenvalue weighted by Gasteiger charge is 2.40. The molecule has 1 saturated heterocycles. The Morgan fingerprint density at radius 3 is 2.75 bits per heavy atom. The number of nitrogens with zero attached hydrogens (tertiary/aromatic N) is 4. The number of aromatic nitrogens is 3. The number of halogens is 4. The first kappa shape index (κ1) is 24.4. The summed E-state index contributed by atoms with van der Waals surface area (Å²) in [6.07, 6.45) is -2.99. The lowest BCUT2D eigenvalue weighted by atomic mass is 9.98. The quantitative estimate of drug-likeness (QED) is 0.533. The van der Waals surface area contributed by atoms with E-state index in [0.717, 1.165) is 17.7 Å². The van der Waals surface area contributed by atoms with Gasteiger partial charge in [-0.25, -0.2) is 4.79 Å². The summed E-state index contributed by atoms with van der Waals surface area (Å²) in [6.45, 7) is 0.713. The van der Waals surface area contributed by atoms with Crippen LogP contribution in [0.2, 0.25) is 5.02 Å². The van der Waals surface area contributed by atoms with E-state index in [0.29, 0.717) is 29.4 Å². The fourth-order valence-electron chi connectivity index (χ4n) is 4.66. The number of β-amino-alcohol motifs (C(OH)–C–C–N with tert-alkyl or cyclic N) is 1. The van der Waals surface area contributed by atoms with E-state index in [-0.39, 0.29) is 25.3 Å². The first-order chi connectivity index (χ1) is 17.2. The summed E-state index contributed by atoms with van der Waals surface area (Å²) < 4.78 is 46.5. The maximum absolute atomic E-state index is 13.3. The monoisotopic (exact) mass is 521 g/mol. The minimum Gasteiger partial charge on any atom is -0.493 e. The van der Waals surface area contributed by atoms with Crippen molar-refractivity contribution in [2.45, 2.75) is 43.8 Å². The van der Waals surface area contributed by atoms with Crippen molar-refractivity contribution < 1.29 is 27.8 Å². The van der Waals surface area contributed by atoms with E-state index in [2.05, 4.69) is 15.5 Å². The Balaban J connectivity index is 1.34. The van der Waals surface area contributed by atoms with E-state index in [9.17, 15) is 23.1 Å². The predicted molar refractivity (Wildman–Crippen MR) is 123 cm³/mol. The summed E-state index contributed by atoms with van der Waals surface area (Å²) in [5, 5.41) is 22.1. The molecular weight excluding hydrogens is 499 g/mol. The van der Waals surface area contributed by atoms with Gasteiger partial charge in [-0.15, -0.1) is 10.2 Å². The molecule has 0 radical (unpaired) electrons. The Bertz CT molecular complexity index is 1250. The van der Waals surface area contributed by atoms with Crippen molar-refractivity contribution in [3.63, 3.8) is 0 Å². The first-order valence-electron chi connectivity index (χ1n) is 11.4. The van der Waals surface area contributed by atoms with Crippen LogP contribution in [0.5, 0.6) is 5.75 Å². The summed E-state index contributed by atoms with van der Waals surface area (Å²) in [4.78, 5) is 14.8. The van der Waals surface area contributed by atoms with Gasteiger partial charge in [-0.3, -0.25) is 0 Å². The fraction of sp³-hybridized carbons (Fsp3) is 0.375. The Morgan fingerprint density at radius 2 is 2.00 bits per heavy atom. The summed E-state index contributed by atoms with van der Waals surface area (Å²) in [7, 11) is 0. The zero-order chi connectivity index (χ0) is 25.4. The Kier molecular flexibility index (Phi) is 6.52. The molecule has 2 N–H and O–H groups in total. The van der Waals surface area contributed by atoms with Crippen molar-refractivity contribution in [3.8, 4) is 5.75 Å². The number of fused-ring (bicyclic) bond motifs is 1. The molecule has 1 aromatic heterocycles. The van der Waals surface area contributed by atoms with Gasteiger partial charge in [0.25, 0.3) is 0 Å². The Morgan fingerprint density at radius 1 is 1.22 bits per heavy atom. The van der Waals surface area contributed by atoms with Crippen molar-refractivity contribution in [2.75, 3.05) is 13.2 Å². The molecule has 1 unspecified atom stereocenters. The van der Waals surface area contributed by atoms with Crippen LogP contribution in [0.15, 0.2) is 48.8 Å². The summed E-state index contributed by atoms with van der Waals surface area (Å²) >= 11 is 5.97. The SMILES string of the molecule is O=C(N[C@H]1CCOc2cc(C(F)(F)F)ccc21)N1CC(O)C[C@@H]1c1nncn1Cc1ccc(Cl)cc1. The molecule has 0 bridgehead atoms. The number of rotatable bonds is 4. The third-order valence-electron chi connectivity index (χ3n) is 6.43. The lowest BCUT2D eigenvalue weighted by molar-refractivity contribution is -0.137. The lowest BCUT2D eigenvalue weighted by Gasteiger charge is -2.31. The number of benzene rings is 2. The third-order valence-corrected chi connectivity index (χ3v) is 6.68. The number of urea groups is 1. The summed E-state index contributed by atoms with van der Waals surface area (Å²) in [5.41, 5.74) is 0.632. The number of ether oxygens (including phenoxy) is 1. The molecule has 2 aliphatic rings. The molecule has 3 aromatic rings. The standard InChI is InChI=1S/C24H23ClF3N5O3/c25-16-4-1-14(2-5-16)11-32-13-29-31-22(32)20-10-17(34)12-33(20)23(35)30-19-7-8-36-21-9-15(24(26,27)28)3-6-18(19)21/h1-6,9,13,17,19-20,34H,7-8,10-12H2,(H,30,35)/t17?,19-,20+/m0/s1. The molecule has 0 aliphatic carbocycles. The van der Waals surface area contributed by atoms with Crippen LogP contribution in [0, 0.1) is 0 Å². The highest BCUT2D eigenvalue weighted by Crippen LogP contribution is 2.38. The van der Waals surface area contributed by atoms with E-state index in [4.69, 9.17) is 16.3 Å². The smallest absolute Gasteiger partial charge is 0.416 e. The van der Waals surface area contributed by atoms with Gasteiger partial charge in [-0.2, -0.15) is 13.2 Å². The Labute approximate surface area is 209 Å². The first-order valence-corrected chi connectivity index (χ1v) is 11.8. The van der Waals surface area contributed by atoms with Crippen LogP contribution >= 0.6 is 11.6 Å². The topological polar surface area (TPSA) is 92.5 Å². The second-order valence-corrected chi connectivity index (χ2v) is 9.33. The molecule has 2 aliphatic heterocycles. The number of carbonyl (C=O) groups is 1. The normalized spacial score (nSPS) is 21.7. The molecule has 36 heavy (non-hydrogen) atoms. The number of likely N-dealkylation sites (tertiary alicyclic amines) is 1. The largest absolute Gasteiger partial charge is 0.493 e. The number of nitrogens with one attached hydrogen (secondary N) is 1. The van der Waals surface area contributed by atoms with Gasteiger partial charge in [0.15, 0.2) is 5.82 Å². The molecule has 8 nitrogen and oxygen atoms in total. The zero-order valence-electron chi connectivity index (χ0n) is 19.0. The highest BCUT2D eigenvalue weighted by molar-refractivity contribution is 6.30. The Hall–Kier alpha value is -3.31. The highest BCUT2D eigenvalue weighted by atomic mass is 35.5. The number of hydrogen-bond acceptors (Lipinski definition) is 5. The van der Waals surface area contributed by atoms with E-state index >= 15 is 0 Å². The van der Waals surface area contributed by atoms with Crippen LogP contribution in [-0.4, -0.2) is 50.1 Å². The number of carbonyl (C=O) groups excluding carboxylic acids is 1. The van der Waals surface area contributed by atoms with Gasteiger partial charge in [0.2, 0.25) is 0 Å². The molecule has 190 valence electrons. The minimum absolute atomic E-state index is 0.0907. The van der Waals surface area contributed by atoms with Crippen molar-refractivity contribution in [2.24, 2.45) is 0 Å². The number of aliphatic hydroxyl groups is 1. The molecule has 0 saturated carbocycles. The average molecular weight is 522 g/mol. The number of hydrogen-bond donors (Lipinski definition) is 2. The second kappa shape index (κ2) is 9.62. The maximum Gasteiger partial charge on any atom is 0.416 e. The average Bonchev–Trinajstić information content (AvgIpc) is 3.46. The van der Waals surface area contributed by atoms with Crippen LogP contribution < -0.4 is 10.1 Å². The van der Waals surface area contributed by atoms with Gasteiger partial charge in [-0.05, 0) is 29.8 Å². The molecule has 12 heteroatoms. The van der Waals surface area contributed by atoms with Gasteiger partial charge >= 0.3 is 12.2 Å². The van der Waals surface area contributed by atoms with Crippen molar-refractivity contribution in [1.82, 2.24) is 25.0 Å². The zero-order valence-corrected chi connectivity index (χ0v) is 19.7. The van der Waals surface area contributed by atoms with Crippen LogP contribution in [-0.2, 0) is 12.7 Å². The van der Waals surface area contributed by atoms with Crippen molar-refractivity contribution in [1.29, 1.82) is 0 Å². The molecule has 2 amide bonds. The van der Waals surface area contributed by atoms with Gasteiger partial charge < -0.3 is 24.6 Å². The van der Waals surface area contributed by atoms with Crippen LogP contribution in [0.4, 0.5) is 18.0 Å². The lowest BCUT2D eigenvalue weighted by Crippen LogP contribution is -2.43. The fourth-order valence-corrected chi connectivity index (χ4v) is 4.79. The van der Waals surface area contributed by atoms with Crippen LogP contribution in [0.1, 0.15) is 47.4 Å². The van der Waals surface area contributed by atoms with E-state index in [1.165, 1.54) is 11.0 Å². The molecule has 0 spiro atoms. The van der Waals surface area contributed by atoms with Gasteiger partial charge in [0.05, 0.1) is 36.9 Å². The van der Waals surface area contributed by atoms with Gasteiger partial charge in [0, 0.05) is 30.0 Å². The minimum atomic E-state index is -4.49. The van der Waals surface area contributed by atoms with Crippen molar-refractivity contribution >= 4 is 17.6 Å². The number of alkyl halides is 3. The molecule has 2 aromatic carbocycles. The van der Waals surface area contributed by atoms with E-state index in [1.807, 2.05) is 16.7 Å². The van der Waals surface area contributed by atoms with Gasteiger partial charge in [0.1, 0.15) is 12.1 Å². The molecule has 3 atom stereocenters. The van der Waals surface area contributed by atoms with Crippen LogP contribution in [0.3, 0.4) is 0 Å². The molecule has 5 rings (SSSR count).